The van der Waals surface area contributed by atoms with Gasteiger partial charge in [0.05, 0.1) is 11.9 Å². The number of halogens is 1. The van der Waals surface area contributed by atoms with Gasteiger partial charge in [-0.05, 0) is 50.5 Å². The van der Waals surface area contributed by atoms with Crippen LogP contribution in [0.1, 0.15) is 44.7 Å². The molecule has 0 aliphatic heterocycles. The number of anilines is 1. The van der Waals surface area contributed by atoms with Gasteiger partial charge in [-0.1, -0.05) is 61.3 Å². The number of sulfonamides is 1. The van der Waals surface area contributed by atoms with E-state index in [4.69, 9.17) is 11.6 Å². The van der Waals surface area contributed by atoms with Crippen LogP contribution in [-0.4, -0.2) is 50.0 Å². The number of amides is 2. The zero-order valence-corrected chi connectivity index (χ0v) is 22.0. The summed E-state index contributed by atoms with van der Waals surface area (Å²) in [6.45, 7) is 7.22. The predicted octanol–water partition coefficient (Wildman–Crippen LogP) is 4.14. The van der Waals surface area contributed by atoms with Crippen LogP contribution in [0.4, 0.5) is 5.69 Å². The lowest BCUT2D eigenvalue weighted by molar-refractivity contribution is -0.140. The van der Waals surface area contributed by atoms with Gasteiger partial charge in [0.15, 0.2) is 0 Å². The molecule has 0 saturated carbocycles. The quantitative estimate of drug-likeness (QED) is 0.495. The van der Waals surface area contributed by atoms with E-state index in [2.05, 4.69) is 5.32 Å². The molecular formula is C25H34ClN3O4S. The van der Waals surface area contributed by atoms with E-state index in [1.54, 1.807) is 48.5 Å². The Bertz CT molecular complexity index is 1090. The van der Waals surface area contributed by atoms with Crippen LogP contribution in [0.25, 0.3) is 0 Å². The van der Waals surface area contributed by atoms with Crippen molar-refractivity contribution in [2.75, 3.05) is 17.1 Å². The molecule has 2 rings (SSSR count). The highest BCUT2D eigenvalue weighted by Gasteiger charge is 2.32. The van der Waals surface area contributed by atoms with E-state index in [9.17, 15) is 18.0 Å². The molecule has 2 aromatic rings. The molecule has 0 aromatic heterocycles. The van der Waals surface area contributed by atoms with Gasteiger partial charge in [0.25, 0.3) is 0 Å². The Kier molecular flexibility index (Phi) is 9.94. The van der Waals surface area contributed by atoms with Crippen molar-refractivity contribution in [2.24, 2.45) is 0 Å². The average molecular weight is 508 g/mol. The fourth-order valence-corrected chi connectivity index (χ4v) is 4.54. The Morgan fingerprint density at radius 3 is 2.18 bits per heavy atom. The minimum atomic E-state index is -3.76. The van der Waals surface area contributed by atoms with Crippen molar-refractivity contribution in [3.63, 3.8) is 0 Å². The van der Waals surface area contributed by atoms with Gasteiger partial charge < -0.3 is 10.2 Å². The monoisotopic (exact) mass is 507 g/mol. The third-order valence-electron chi connectivity index (χ3n) is 5.69. The third-order valence-corrected chi connectivity index (χ3v) is 7.20. The molecular weight excluding hydrogens is 474 g/mol. The topological polar surface area (TPSA) is 86.8 Å². The molecule has 2 aromatic carbocycles. The molecule has 0 heterocycles. The lowest BCUT2D eigenvalue weighted by atomic mass is 10.1. The SMILES string of the molecule is CC[C@H](C(=O)N[C@@H](C)CC)N(Cc1ccccc1Cl)C(=O)CN(c1ccc(C)cc1)S(C)(=O)=O. The van der Waals surface area contributed by atoms with Crippen LogP contribution in [0, 0.1) is 6.92 Å². The van der Waals surface area contributed by atoms with Gasteiger partial charge in [0.2, 0.25) is 21.8 Å². The van der Waals surface area contributed by atoms with Gasteiger partial charge >= 0.3 is 0 Å². The van der Waals surface area contributed by atoms with E-state index < -0.39 is 28.5 Å². The first kappa shape index (κ1) is 27.7. The lowest BCUT2D eigenvalue weighted by Crippen LogP contribution is -2.53. The van der Waals surface area contributed by atoms with Gasteiger partial charge in [0.1, 0.15) is 12.6 Å². The molecule has 0 aliphatic carbocycles. The first-order valence-corrected chi connectivity index (χ1v) is 13.6. The number of hydrogen-bond donors (Lipinski definition) is 1. The van der Waals surface area contributed by atoms with E-state index >= 15 is 0 Å². The van der Waals surface area contributed by atoms with Crippen molar-refractivity contribution in [2.45, 2.75) is 59.2 Å². The average Bonchev–Trinajstić information content (AvgIpc) is 2.78. The summed E-state index contributed by atoms with van der Waals surface area (Å²) in [6.07, 6.45) is 2.17. The zero-order chi connectivity index (χ0) is 25.5. The Morgan fingerprint density at radius 1 is 1.03 bits per heavy atom. The molecule has 34 heavy (non-hydrogen) atoms. The van der Waals surface area contributed by atoms with Crippen LogP contribution in [0.5, 0.6) is 0 Å². The smallest absolute Gasteiger partial charge is 0.244 e. The van der Waals surface area contributed by atoms with Crippen LogP contribution >= 0.6 is 11.6 Å². The van der Waals surface area contributed by atoms with Crippen molar-refractivity contribution < 1.29 is 18.0 Å². The minimum absolute atomic E-state index is 0.0566. The molecule has 9 heteroatoms. The van der Waals surface area contributed by atoms with Crippen LogP contribution in [0.2, 0.25) is 5.02 Å². The predicted molar refractivity (Wildman–Crippen MR) is 137 cm³/mol. The normalized spacial score (nSPS) is 13.1. The first-order chi connectivity index (χ1) is 16.0. The largest absolute Gasteiger partial charge is 0.352 e. The summed E-state index contributed by atoms with van der Waals surface area (Å²) in [5, 5.41) is 3.41. The van der Waals surface area contributed by atoms with E-state index in [0.717, 1.165) is 22.5 Å². The summed E-state index contributed by atoms with van der Waals surface area (Å²) >= 11 is 6.35. The first-order valence-electron chi connectivity index (χ1n) is 11.4. The fraction of sp³-hybridized carbons (Fsp3) is 0.440. The number of aryl methyl sites for hydroxylation is 1. The van der Waals surface area contributed by atoms with Gasteiger partial charge in [-0.25, -0.2) is 8.42 Å². The van der Waals surface area contributed by atoms with Crippen molar-refractivity contribution in [1.29, 1.82) is 0 Å². The van der Waals surface area contributed by atoms with Gasteiger partial charge in [0, 0.05) is 17.6 Å². The van der Waals surface area contributed by atoms with E-state index in [-0.39, 0.29) is 18.5 Å². The molecule has 0 radical (unpaired) electrons. The van der Waals surface area contributed by atoms with Gasteiger partial charge in [-0.15, -0.1) is 0 Å². The zero-order valence-electron chi connectivity index (χ0n) is 20.4. The number of nitrogens with one attached hydrogen (secondary N) is 1. The van der Waals surface area contributed by atoms with Crippen molar-refractivity contribution in [1.82, 2.24) is 10.2 Å². The second-order valence-corrected chi connectivity index (χ2v) is 10.8. The highest BCUT2D eigenvalue weighted by molar-refractivity contribution is 7.92. The number of carbonyl (C=O) groups is 2. The third kappa shape index (κ3) is 7.46. The second kappa shape index (κ2) is 12.2. The number of hydrogen-bond acceptors (Lipinski definition) is 4. The molecule has 0 bridgehead atoms. The van der Waals surface area contributed by atoms with E-state index in [0.29, 0.717) is 22.7 Å². The maximum atomic E-state index is 13.6. The maximum Gasteiger partial charge on any atom is 0.244 e. The summed E-state index contributed by atoms with van der Waals surface area (Å²) in [5.74, 6) is -0.768. The molecule has 7 nitrogen and oxygen atoms in total. The van der Waals surface area contributed by atoms with Crippen LogP contribution in [0.3, 0.4) is 0 Å². The molecule has 2 atom stereocenters. The summed E-state index contributed by atoms with van der Waals surface area (Å²) in [6, 6.07) is 13.2. The maximum absolute atomic E-state index is 13.6. The highest BCUT2D eigenvalue weighted by Crippen LogP contribution is 2.22. The summed E-state index contributed by atoms with van der Waals surface area (Å²) in [4.78, 5) is 28.1. The van der Waals surface area contributed by atoms with Gasteiger partial charge in [-0.2, -0.15) is 0 Å². The molecule has 2 amide bonds. The number of carbonyl (C=O) groups excluding carboxylic acids is 2. The molecule has 186 valence electrons. The Hall–Kier alpha value is -2.58. The molecule has 0 aliphatic rings. The lowest BCUT2D eigenvalue weighted by Gasteiger charge is -2.33. The molecule has 0 spiro atoms. The Morgan fingerprint density at radius 2 is 1.65 bits per heavy atom. The van der Waals surface area contributed by atoms with Gasteiger partial charge in [-0.3, -0.25) is 13.9 Å². The summed E-state index contributed by atoms with van der Waals surface area (Å²) < 4.78 is 26.3. The minimum Gasteiger partial charge on any atom is -0.352 e. The molecule has 0 fully saturated rings. The van der Waals surface area contributed by atoms with Crippen LogP contribution in [-0.2, 0) is 26.2 Å². The van der Waals surface area contributed by atoms with E-state index in [1.807, 2.05) is 27.7 Å². The van der Waals surface area contributed by atoms with Crippen molar-refractivity contribution >= 4 is 39.1 Å². The Balaban J connectivity index is 2.44. The van der Waals surface area contributed by atoms with E-state index in [1.165, 1.54) is 4.90 Å². The van der Waals surface area contributed by atoms with Crippen LogP contribution < -0.4 is 9.62 Å². The Labute approximate surface area is 208 Å². The number of benzene rings is 2. The standard InChI is InChI=1S/C25H34ClN3O4S/c1-6-19(4)27-25(31)23(7-2)28(16-20-10-8-9-11-22(20)26)24(30)17-29(34(5,32)33)21-14-12-18(3)13-15-21/h8-15,19,23H,6-7,16-17H2,1-5H3,(H,27,31)/t19-,23+/m0/s1. The second-order valence-electron chi connectivity index (χ2n) is 8.46. The number of rotatable bonds is 11. The summed E-state index contributed by atoms with van der Waals surface area (Å²) in [5.41, 5.74) is 2.03. The highest BCUT2D eigenvalue weighted by atomic mass is 35.5. The van der Waals surface area contributed by atoms with Crippen molar-refractivity contribution in [3.8, 4) is 0 Å². The molecule has 0 unspecified atom stereocenters. The fourth-order valence-electron chi connectivity index (χ4n) is 3.50. The number of nitrogens with zero attached hydrogens (tertiary/aromatic N) is 2. The molecule has 1 N–H and O–H groups in total. The van der Waals surface area contributed by atoms with Crippen LogP contribution in [0.15, 0.2) is 48.5 Å². The van der Waals surface area contributed by atoms with Crippen molar-refractivity contribution in [3.05, 3.63) is 64.7 Å². The summed E-state index contributed by atoms with van der Waals surface area (Å²) in [7, 11) is -3.76. The molecule has 0 saturated heterocycles.